The normalized spacial score (nSPS) is 10.8. The highest BCUT2D eigenvalue weighted by molar-refractivity contribution is 6.35. The molecule has 0 saturated carbocycles. The van der Waals surface area contributed by atoms with E-state index in [1.54, 1.807) is 36.4 Å². The maximum atomic E-state index is 13.1. The van der Waals surface area contributed by atoms with Crippen LogP contribution in [0.3, 0.4) is 0 Å². The second-order valence-electron chi connectivity index (χ2n) is 6.29. The van der Waals surface area contributed by atoms with Crippen LogP contribution < -0.4 is 15.5 Å². The summed E-state index contributed by atoms with van der Waals surface area (Å²) in [5.41, 5.74) is 3.63. The topological polar surface area (TPSA) is 79.8 Å². The van der Waals surface area contributed by atoms with Crippen LogP contribution in [0.5, 0.6) is 5.75 Å². The van der Waals surface area contributed by atoms with Gasteiger partial charge in [-0.2, -0.15) is 5.10 Å². The molecule has 2 aromatic rings. The van der Waals surface area contributed by atoms with Crippen LogP contribution in [0.25, 0.3) is 0 Å². The van der Waals surface area contributed by atoms with Gasteiger partial charge in [0.2, 0.25) is 0 Å². The number of nitrogens with one attached hydrogen (secondary N) is 2. The number of hydrogen-bond donors (Lipinski definition) is 2. The molecule has 0 aliphatic carbocycles. The molecule has 0 spiro atoms. The molecule has 2 amide bonds. The number of ether oxygens (including phenoxy) is 1. The second-order valence-corrected chi connectivity index (χ2v) is 6.29. The molecule has 0 bridgehead atoms. The third kappa shape index (κ3) is 7.27. The first-order chi connectivity index (χ1) is 12.9. The Hall–Kier alpha value is -3.22. The van der Waals surface area contributed by atoms with Gasteiger partial charge in [0.25, 0.3) is 0 Å². The van der Waals surface area contributed by atoms with Crippen LogP contribution in [-0.2, 0) is 16.2 Å². The second kappa shape index (κ2) is 10.1. The Balaban J connectivity index is 1.80. The largest absolute Gasteiger partial charge is 0.489 e. The minimum atomic E-state index is -0.818. The molecule has 2 rings (SSSR count). The molecular formula is C20H22FN3O3. The molecule has 0 unspecified atom stereocenters. The minimum Gasteiger partial charge on any atom is -0.489 e. The Bertz CT molecular complexity index is 804. The van der Waals surface area contributed by atoms with Crippen molar-refractivity contribution in [2.24, 2.45) is 11.0 Å². The van der Waals surface area contributed by atoms with Crippen molar-refractivity contribution in [3.63, 3.8) is 0 Å². The number of hydrazone groups is 1. The first-order valence-corrected chi connectivity index (χ1v) is 8.52. The van der Waals surface area contributed by atoms with Gasteiger partial charge in [0, 0.05) is 6.54 Å². The third-order valence-corrected chi connectivity index (χ3v) is 3.43. The SMILES string of the molecule is CC(C)CNC(=O)C(=O)N/N=C\c1ccc(OCc2cccc(F)c2)cc1. The maximum Gasteiger partial charge on any atom is 0.329 e. The molecule has 6 nitrogen and oxygen atoms in total. The fourth-order valence-corrected chi connectivity index (χ4v) is 2.04. The summed E-state index contributed by atoms with van der Waals surface area (Å²) in [4.78, 5) is 23.1. The van der Waals surface area contributed by atoms with E-state index in [2.05, 4.69) is 15.8 Å². The Morgan fingerprint density at radius 1 is 1.15 bits per heavy atom. The zero-order valence-electron chi connectivity index (χ0n) is 15.2. The van der Waals surface area contributed by atoms with E-state index >= 15 is 0 Å². The average molecular weight is 371 g/mol. The third-order valence-electron chi connectivity index (χ3n) is 3.43. The highest BCUT2D eigenvalue weighted by atomic mass is 19.1. The lowest BCUT2D eigenvalue weighted by atomic mass is 10.2. The van der Waals surface area contributed by atoms with Crippen LogP contribution in [0.4, 0.5) is 4.39 Å². The lowest BCUT2D eigenvalue weighted by molar-refractivity contribution is -0.139. The van der Waals surface area contributed by atoms with Crippen molar-refractivity contribution in [3.8, 4) is 5.75 Å². The van der Waals surface area contributed by atoms with Gasteiger partial charge in [0.05, 0.1) is 6.21 Å². The van der Waals surface area contributed by atoms with Crippen molar-refractivity contribution in [3.05, 3.63) is 65.5 Å². The van der Waals surface area contributed by atoms with E-state index < -0.39 is 11.8 Å². The van der Waals surface area contributed by atoms with Gasteiger partial charge in [-0.15, -0.1) is 0 Å². The minimum absolute atomic E-state index is 0.256. The first-order valence-electron chi connectivity index (χ1n) is 8.52. The first kappa shape index (κ1) is 20.1. The molecule has 0 atom stereocenters. The van der Waals surface area contributed by atoms with E-state index in [0.29, 0.717) is 12.3 Å². The van der Waals surface area contributed by atoms with Gasteiger partial charge in [0.1, 0.15) is 18.2 Å². The summed E-state index contributed by atoms with van der Waals surface area (Å²) in [5, 5.41) is 6.26. The van der Waals surface area contributed by atoms with Gasteiger partial charge < -0.3 is 10.1 Å². The van der Waals surface area contributed by atoms with E-state index in [1.807, 2.05) is 13.8 Å². The van der Waals surface area contributed by atoms with E-state index in [9.17, 15) is 14.0 Å². The van der Waals surface area contributed by atoms with Gasteiger partial charge in [-0.05, 0) is 53.4 Å². The summed E-state index contributed by atoms with van der Waals surface area (Å²) >= 11 is 0. The number of amides is 2. The van der Waals surface area contributed by atoms with Crippen LogP contribution >= 0.6 is 0 Å². The van der Waals surface area contributed by atoms with Crippen molar-refractivity contribution in [1.29, 1.82) is 0 Å². The van der Waals surface area contributed by atoms with Crippen molar-refractivity contribution < 1.29 is 18.7 Å². The smallest absolute Gasteiger partial charge is 0.329 e. The molecular weight excluding hydrogens is 349 g/mol. The Morgan fingerprint density at radius 3 is 2.56 bits per heavy atom. The standard InChI is InChI=1S/C20H22FN3O3/c1-14(2)11-22-19(25)20(26)24-23-12-15-6-8-18(9-7-15)27-13-16-4-3-5-17(21)10-16/h3-10,12,14H,11,13H2,1-2H3,(H,22,25)(H,24,26)/b23-12-. The summed E-state index contributed by atoms with van der Waals surface area (Å²) in [5.74, 6) is -0.966. The van der Waals surface area contributed by atoms with Crippen molar-refractivity contribution in [1.82, 2.24) is 10.7 Å². The molecule has 2 aromatic carbocycles. The molecule has 0 aromatic heterocycles. The number of hydrogen-bond acceptors (Lipinski definition) is 4. The molecule has 0 saturated heterocycles. The fourth-order valence-electron chi connectivity index (χ4n) is 2.04. The summed E-state index contributed by atoms with van der Waals surface area (Å²) in [6.07, 6.45) is 1.42. The number of carbonyl (C=O) groups excluding carboxylic acids is 2. The number of rotatable bonds is 7. The fraction of sp³-hybridized carbons (Fsp3) is 0.250. The van der Waals surface area contributed by atoms with Gasteiger partial charge >= 0.3 is 11.8 Å². The summed E-state index contributed by atoms with van der Waals surface area (Å²) < 4.78 is 18.7. The Labute approximate surface area is 157 Å². The highest BCUT2D eigenvalue weighted by Crippen LogP contribution is 2.14. The van der Waals surface area contributed by atoms with Gasteiger partial charge in [-0.3, -0.25) is 9.59 Å². The predicted octanol–water partition coefficient (Wildman–Crippen LogP) is 2.63. The van der Waals surface area contributed by atoms with Crippen LogP contribution in [-0.4, -0.2) is 24.6 Å². The van der Waals surface area contributed by atoms with E-state index in [1.165, 1.54) is 18.3 Å². The summed E-state index contributed by atoms with van der Waals surface area (Å²) in [6, 6.07) is 13.2. The van der Waals surface area contributed by atoms with Crippen molar-refractivity contribution in [2.75, 3.05) is 6.54 Å². The van der Waals surface area contributed by atoms with Crippen molar-refractivity contribution in [2.45, 2.75) is 20.5 Å². The zero-order chi connectivity index (χ0) is 19.6. The summed E-state index contributed by atoms with van der Waals surface area (Å²) in [6.45, 7) is 4.55. The molecule has 7 heteroatoms. The molecule has 0 aliphatic rings. The van der Waals surface area contributed by atoms with E-state index in [-0.39, 0.29) is 18.3 Å². The molecule has 0 aliphatic heterocycles. The van der Waals surface area contributed by atoms with Gasteiger partial charge in [-0.1, -0.05) is 26.0 Å². The summed E-state index contributed by atoms with van der Waals surface area (Å²) in [7, 11) is 0. The molecule has 0 radical (unpaired) electrons. The molecule has 142 valence electrons. The van der Waals surface area contributed by atoms with Crippen LogP contribution in [0.1, 0.15) is 25.0 Å². The highest BCUT2D eigenvalue weighted by Gasteiger charge is 2.11. The number of carbonyl (C=O) groups is 2. The predicted molar refractivity (Wildman–Crippen MR) is 101 cm³/mol. The molecule has 2 N–H and O–H groups in total. The Kier molecular flexibility index (Phi) is 7.49. The number of halogens is 1. The molecule has 0 fully saturated rings. The van der Waals surface area contributed by atoms with E-state index in [0.717, 1.165) is 11.1 Å². The monoisotopic (exact) mass is 371 g/mol. The van der Waals surface area contributed by atoms with Crippen molar-refractivity contribution >= 4 is 18.0 Å². The van der Waals surface area contributed by atoms with Gasteiger partial charge in [-0.25, -0.2) is 9.82 Å². The zero-order valence-corrected chi connectivity index (χ0v) is 15.2. The number of nitrogens with zero attached hydrogens (tertiary/aromatic N) is 1. The molecule has 0 heterocycles. The molecule has 27 heavy (non-hydrogen) atoms. The van der Waals surface area contributed by atoms with Crippen LogP contribution in [0, 0.1) is 11.7 Å². The van der Waals surface area contributed by atoms with Crippen LogP contribution in [0.2, 0.25) is 0 Å². The average Bonchev–Trinajstić information content (AvgIpc) is 2.65. The lowest BCUT2D eigenvalue weighted by Crippen LogP contribution is -2.39. The van der Waals surface area contributed by atoms with Crippen LogP contribution in [0.15, 0.2) is 53.6 Å². The van der Waals surface area contributed by atoms with E-state index in [4.69, 9.17) is 4.74 Å². The Morgan fingerprint density at radius 2 is 1.89 bits per heavy atom. The quantitative estimate of drug-likeness (QED) is 0.446. The van der Waals surface area contributed by atoms with Gasteiger partial charge in [0.15, 0.2) is 0 Å². The maximum absolute atomic E-state index is 13.1. The lowest BCUT2D eigenvalue weighted by Gasteiger charge is -2.07. The number of benzene rings is 2.